The van der Waals surface area contributed by atoms with E-state index in [1.54, 1.807) is 0 Å². The Kier molecular flexibility index (Phi) is 4.41. The first-order chi connectivity index (χ1) is 11.0. The number of nitrogens with one attached hydrogen (secondary N) is 1. The fourth-order valence-corrected chi connectivity index (χ4v) is 3.09. The molecule has 1 aromatic carbocycles. The normalized spacial score (nSPS) is 17.1. The van der Waals surface area contributed by atoms with Crippen LogP contribution in [0, 0.1) is 12.3 Å². The number of halogens is 1. The van der Waals surface area contributed by atoms with E-state index in [-0.39, 0.29) is 5.91 Å². The summed E-state index contributed by atoms with van der Waals surface area (Å²) < 4.78 is 5.35. The van der Waals surface area contributed by atoms with E-state index in [0.717, 1.165) is 22.3 Å². The molecule has 0 unspecified atom stereocenters. The van der Waals surface area contributed by atoms with Gasteiger partial charge in [0, 0.05) is 30.2 Å². The number of rotatable bonds is 4. The summed E-state index contributed by atoms with van der Waals surface area (Å²) in [5.74, 6) is 0.434. The van der Waals surface area contributed by atoms with Crippen LogP contribution in [-0.2, 0) is 9.53 Å². The van der Waals surface area contributed by atoms with Crippen molar-refractivity contribution < 1.29 is 9.53 Å². The number of anilines is 1. The Morgan fingerprint density at radius 2 is 2.04 bits per heavy atom. The summed E-state index contributed by atoms with van der Waals surface area (Å²) in [6, 6.07) is 7.72. The molecule has 1 aliphatic heterocycles. The van der Waals surface area contributed by atoms with Gasteiger partial charge in [0.25, 0.3) is 0 Å². The highest BCUT2D eigenvalue weighted by molar-refractivity contribution is 6.32. The fourth-order valence-electron chi connectivity index (χ4n) is 2.94. The largest absolute Gasteiger partial charge is 0.381 e. The van der Waals surface area contributed by atoms with Crippen LogP contribution >= 0.6 is 11.6 Å². The van der Waals surface area contributed by atoms with Crippen LogP contribution in [0.15, 0.2) is 24.3 Å². The van der Waals surface area contributed by atoms with Gasteiger partial charge in [0.2, 0.25) is 5.91 Å². The molecule has 23 heavy (non-hydrogen) atoms. The van der Waals surface area contributed by atoms with Crippen molar-refractivity contribution >= 4 is 34.2 Å². The summed E-state index contributed by atoms with van der Waals surface area (Å²) in [6.45, 7) is 3.53. The predicted octanol–water partition coefficient (Wildman–Crippen LogP) is 2.89. The number of aryl methyl sites for hydroxylation is 1. The van der Waals surface area contributed by atoms with Crippen molar-refractivity contribution in [1.82, 2.24) is 4.98 Å². The first-order valence-electron chi connectivity index (χ1n) is 7.69. The topological polar surface area (TPSA) is 77.2 Å². The summed E-state index contributed by atoms with van der Waals surface area (Å²) in [5, 5.41) is 4.99. The lowest BCUT2D eigenvalue weighted by atomic mass is 9.79. The molecule has 0 bridgehead atoms. The van der Waals surface area contributed by atoms with Gasteiger partial charge < -0.3 is 15.8 Å². The maximum atomic E-state index is 11.9. The SMILES string of the molecule is Cc1c(Cl)ccc2ccc(NCC3(C(N)=O)CCOCC3)nc12. The van der Waals surface area contributed by atoms with Crippen molar-refractivity contribution in [3.8, 4) is 0 Å². The van der Waals surface area contributed by atoms with Crippen molar-refractivity contribution in [1.29, 1.82) is 0 Å². The quantitative estimate of drug-likeness (QED) is 0.902. The Morgan fingerprint density at radius 3 is 2.74 bits per heavy atom. The molecule has 1 aliphatic rings. The van der Waals surface area contributed by atoms with Gasteiger partial charge in [0.1, 0.15) is 5.82 Å². The first kappa shape index (κ1) is 16.0. The van der Waals surface area contributed by atoms with Crippen molar-refractivity contribution in [3.63, 3.8) is 0 Å². The number of amides is 1. The minimum Gasteiger partial charge on any atom is -0.381 e. The van der Waals surface area contributed by atoms with Crippen LogP contribution in [0.4, 0.5) is 5.82 Å². The van der Waals surface area contributed by atoms with E-state index in [9.17, 15) is 4.79 Å². The molecule has 2 aromatic rings. The van der Waals surface area contributed by atoms with Gasteiger partial charge >= 0.3 is 0 Å². The zero-order chi connectivity index (χ0) is 16.4. The molecule has 1 fully saturated rings. The number of ether oxygens (including phenoxy) is 1. The van der Waals surface area contributed by atoms with E-state index in [1.165, 1.54) is 0 Å². The molecule has 0 saturated carbocycles. The number of fused-ring (bicyclic) bond motifs is 1. The molecule has 0 aliphatic carbocycles. The van der Waals surface area contributed by atoms with E-state index >= 15 is 0 Å². The molecule has 3 N–H and O–H groups in total. The second kappa shape index (κ2) is 6.34. The summed E-state index contributed by atoms with van der Waals surface area (Å²) in [6.07, 6.45) is 1.27. The zero-order valence-electron chi connectivity index (χ0n) is 13.1. The molecule has 122 valence electrons. The van der Waals surface area contributed by atoms with Gasteiger partial charge in [-0.05, 0) is 43.5 Å². The van der Waals surface area contributed by atoms with E-state index in [4.69, 9.17) is 22.1 Å². The average molecular weight is 334 g/mol. The first-order valence-corrected chi connectivity index (χ1v) is 8.07. The maximum Gasteiger partial charge on any atom is 0.225 e. The number of nitrogens with two attached hydrogens (primary N) is 1. The fraction of sp³-hybridized carbons (Fsp3) is 0.412. The van der Waals surface area contributed by atoms with Crippen molar-refractivity contribution in [2.24, 2.45) is 11.1 Å². The maximum absolute atomic E-state index is 11.9. The van der Waals surface area contributed by atoms with E-state index in [2.05, 4.69) is 10.3 Å². The average Bonchev–Trinajstić information content (AvgIpc) is 2.57. The van der Waals surface area contributed by atoms with Gasteiger partial charge in [0.15, 0.2) is 0 Å². The van der Waals surface area contributed by atoms with Gasteiger partial charge in [0.05, 0.1) is 10.9 Å². The Balaban J connectivity index is 1.83. The lowest BCUT2D eigenvalue weighted by Crippen LogP contribution is -2.46. The van der Waals surface area contributed by atoms with Crippen molar-refractivity contribution in [3.05, 3.63) is 34.9 Å². The van der Waals surface area contributed by atoms with Crippen LogP contribution in [0.5, 0.6) is 0 Å². The van der Waals surface area contributed by atoms with Gasteiger partial charge in [-0.25, -0.2) is 4.98 Å². The van der Waals surface area contributed by atoms with Crippen molar-refractivity contribution in [2.75, 3.05) is 25.1 Å². The number of primary amides is 1. The van der Waals surface area contributed by atoms with Gasteiger partial charge in [-0.3, -0.25) is 4.79 Å². The molecule has 1 aromatic heterocycles. The molecule has 0 radical (unpaired) electrons. The van der Waals surface area contributed by atoms with Crippen LogP contribution in [0.25, 0.3) is 10.9 Å². The molecule has 2 heterocycles. The van der Waals surface area contributed by atoms with E-state index < -0.39 is 5.41 Å². The van der Waals surface area contributed by atoms with Gasteiger partial charge in [-0.15, -0.1) is 0 Å². The third kappa shape index (κ3) is 3.12. The number of nitrogens with zero attached hydrogens (tertiary/aromatic N) is 1. The summed E-state index contributed by atoms with van der Waals surface area (Å²) in [7, 11) is 0. The summed E-state index contributed by atoms with van der Waals surface area (Å²) in [4.78, 5) is 16.5. The summed E-state index contributed by atoms with van der Waals surface area (Å²) in [5.41, 5.74) is 6.87. The smallest absolute Gasteiger partial charge is 0.225 e. The molecule has 0 spiro atoms. The molecule has 3 rings (SSSR count). The number of carbonyl (C=O) groups excluding carboxylic acids is 1. The zero-order valence-corrected chi connectivity index (χ0v) is 13.8. The van der Waals surface area contributed by atoms with Crippen LogP contribution in [0.1, 0.15) is 18.4 Å². The molecule has 5 nitrogen and oxygen atoms in total. The number of carbonyl (C=O) groups is 1. The Hall–Kier alpha value is -1.85. The molecule has 6 heteroatoms. The van der Waals surface area contributed by atoms with Crippen LogP contribution in [-0.4, -0.2) is 30.6 Å². The molecule has 1 saturated heterocycles. The third-order valence-electron chi connectivity index (χ3n) is 4.63. The number of aromatic nitrogens is 1. The van der Waals surface area contributed by atoms with Gasteiger partial charge in [-0.2, -0.15) is 0 Å². The Labute approximate surface area is 140 Å². The molecule has 1 amide bonds. The minimum absolute atomic E-state index is 0.284. The highest BCUT2D eigenvalue weighted by Gasteiger charge is 2.38. The highest BCUT2D eigenvalue weighted by atomic mass is 35.5. The lowest BCUT2D eigenvalue weighted by molar-refractivity contribution is -0.132. The number of hydrogen-bond donors (Lipinski definition) is 2. The molecular weight excluding hydrogens is 314 g/mol. The van der Waals surface area contributed by atoms with Crippen LogP contribution in [0.3, 0.4) is 0 Å². The lowest BCUT2D eigenvalue weighted by Gasteiger charge is -2.34. The molecular formula is C17H20ClN3O2. The van der Waals surface area contributed by atoms with Gasteiger partial charge in [-0.1, -0.05) is 17.7 Å². The van der Waals surface area contributed by atoms with Crippen molar-refractivity contribution in [2.45, 2.75) is 19.8 Å². The number of hydrogen-bond acceptors (Lipinski definition) is 4. The highest BCUT2D eigenvalue weighted by Crippen LogP contribution is 2.31. The molecule has 0 atom stereocenters. The standard InChI is InChI=1S/C17H20ClN3O2/c1-11-13(18)4-2-12-3-5-14(21-15(11)12)20-10-17(16(19)22)6-8-23-9-7-17/h2-5H,6-10H2,1H3,(H2,19,22)(H,20,21). The monoisotopic (exact) mass is 333 g/mol. The van der Waals surface area contributed by atoms with E-state index in [1.807, 2.05) is 31.2 Å². The van der Waals surface area contributed by atoms with Crippen LogP contribution < -0.4 is 11.1 Å². The third-order valence-corrected chi connectivity index (χ3v) is 5.04. The number of pyridine rings is 1. The number of benzene rings is 1. The van der Waals surface area contributed by atoms with Crippen LogP contribution in [0.2, 0.25) is 5.02 Å². The Bertz CT molecular complexity index is 742. The Morgan fingerprint density at radius 1 is 1.35 bits per heavy atom. The minimum atomic E-state index is -0.571. The predicted molar refractivity (Wildman–Crippen MR) is 91.7 cm³/mol. The second-order valence-electron chi connectivity index (χ2n) is 6.05. The van der Waals surface area contributed by atoms with E-state index in [0.29, 0.717) is 37.6 Å². The second-order valence-corrected chi connectivity index (χ2v) is 6.46. The summed E-state index contributed by atoms with van der Waals surface area (Å²) >= 11 is 6.17.